The van der Waals surface area contributed by atoms with E-state index in [-0.39, 0.29) is 30.0 Å². The van der Waals surface area contributed by atoms with E-state index in [0.717, 1.165) is 18.0 Å². The molecule has 0 aromatic heterocycles. The SMILES string of the molecule is O=C1CCC(N2C(=O)c3cccc(NCCOCCNC(=O)N4CCNCC4)c3C2=O)C(=O)N1. The molecule has 0 radical (unpaired) electrons. The van der Waals surface area contributed by atoms with Crippen molar-refractivity contribution in [3.05, 3.63) is 29.3 Å². The Bertz CT molecular complexity index is 992. The molecule has 3 aliphatic rings. The normalized spacial score (nSPS) is 20.3. The molecule has 1 unspecified atom stereocenters. The number of hydrogen-bond acceptors (Lipinski definition) is 8. The van der Waals surface area contributed by atoms with Crippen LogP contribution in [0.5, 0.6) is 0 Å². The molecule has 0 bridgehead atoms. The van der Waals surface area contributed by atoms with Crippen LogP contribution in [-0.2, 0) is 14.3 Å². The number of amides is 6. The topological polar surface area (TPSA) is 149 Å². The van der Waals surface area contributed by atoms with E-state index < -0.39 is 29.7 Å². The predicted octanol–water partition coefficient (Wildman–Crippen LogP) is -0.869. The van der Waals surface area contributed by atoms with Crippen molar-refractivity contribution in [2.45, 2.75) is 18.9 Å². The van der Waals surface area contributed by atoms with Gasteiger partial charge in [0, 0.05) is 51.4 Å². The largest absolute Gasteiger partial charge is 0.382 e. The minimum Gasteiger partial charge on any atom is -0.382 e. The molecule has 4 N–H and O–H groups in total. The number of nitrogens with one attached hydrogen (secondary N) is 4. The maximum absolute atomic E-state index is 13.0. The van der Waals surface area contributed by atoms with Crippen molar-refractivity contribution in [2.75, 3.05) is 57.8 Å². The molecule has 1 aromatic carbocycles. The fourth-order valence-electron chi connectivity index (χ4n) is 4.23. The number of anilines is 1. The van der Waals surface area contributed by atoms with Crippen LogP contribution in [0.4, 0.5) is 10.5 Å². The summed E-state index contributed by atoms with van der Waals surface area (Å²) in [4.78, 5) is 64.2. The Morgan fingerprint density at radius 3 is 2.59 bits per heavy atom. The third-order valence-electron chi connectivity index (χ3n) is 5.96. The van der Waals surface area contributed by atoms with Crippen molar-refractivity contribution in [1.29, 1.82) is 0 Å². The number of benzene rings is 1. The number of rotatable bonds is 8. The van der Waals surface area contributed by atoms with Gasteiger partial charge in [-0.2, -0.15) is 0 Å². The molecule has 0 aliphatic carbocycles. The molecule has 3 heterocycles. The van der Waals surface area contributed by atoms with Crippen LogP contribution in [0.25, 0.3) is 0 Å². The molecular formula is C22H28N6O6. The van der Waals surface area contributed by atoms with E-state index in [1.807, 2.05) is 0 Å². The maximum atomic E-state index is 13.0. The van der Waals surface area contributed by atoms with Gasteiger partial charge in [-0.15, -0.1) is 0 Å². The van der Waals surface area contributed by atoms with Crippen molar-refractivity contribution >= 4 is 35.3 Å². The average Bonchev–Trinajstić information content (AvgIpc) is 3.09. The van der Waals surface area contributed by atoms with Crippen molar-refractivity contribution in [1.82, 2.24) is 25.8 Å². The first kappa shape index (κ1) is 23.6. The lowest BCUT2D eigenvalue weighted by Gasteiger charge is -2.27. The van der Waals surface area contributed by atoms with E-state index in [2.05, 4.69) is 21.3 Å². The van der Waals surface area contributed by atoms with Crippen LogP contribution in [0, 0.1) is 0 Å². The van der Waals surface area contributed by atoms with Crippen molar-refractivity contribution in [3.8, 4) is 0 Å². The van der Waals surface area contributed by atoms with Gasteiger partial charge in [0.25, 0.3) is 11.8 Å². The number of piperazine rings is 1. The zero-order valence-corrected chi connectivity index (χ0v) is 18.7. The monoisotopic (exact) mass is 472 g/mol. The molecule has 182 valence electrons. The molecule has 1 atom stereocenters. The van der Waals surface area contributed by atoms with Crippen molar-refractivity contribution in [3.63, 3.8) is 0 Å². The van der Waals surface area contributed by atoms with E-state index in [9.17, 15) is 24.0 Å². The van der Waals surface area contributed by atoms with E-state index in [4.69, 9.17) is 4.74 Å². The molecule has 3 aliphatic heterocycles. The Labute approximate surface area is 196 Å². The lowest BCUT2D eigenvalue weighted by atomic mass is 10.0. The van der Waals surface area contributed by atoms with Gasteiger partial charge in [0.05, 0.1) is 24.3 Å². The zero-order valence-electron chi connectivity index (χ0n) is 18.7. The molecule has 0 saturated carbocycles. The number of carbonyl (C=O) groups excluding carboxylic acids is 5. The lowest BCUT2D eigenvalue weighted by molar-refractivity contribution is -0.136. The second-order valence-electron chi connectivity index (χ2n) is 8.18. The quantitative estimate of drug-likeness (QED) is 0.282. The van der Waals surface area contributed by atoms with E-state index in [1.54, 1.807) is 23.1 Å². The van der Waals surface area contributed by atoms with Crippen LogP contribution in [-0.4, -0.2) is 98.0 Å². The summed E-state index contributed by atoms with van der Waals surface area (Å²) in [5.74, 6) is -2.16. The highest BCUT2D eigenvalue weighted by molar-refractivity contribution is 6.25. The minimum atomic E-state index is -1.00. The highest BCUT2D eigenvalue weighted by Gasteiger charge is 2.45. The van der Waals surface area contributed by atoms with Crippen molar-refractivity contribution in [2.24, 2.45) is 0 Å². The number of fused-ring (bicyclic) bond motifs is 1. The molecule has 12 nitrogen and oxygen atoms in total. The van der Waals surface area contributed by atoms with Crippen LogP contribution >= 0.6 is 0 Å². The first-order chi connectivity index (χ1) is 16.5. The molecule has 2 saturated heterocycles. The number of piperidine rings is 1. The summed E-state index contributed by atoms with van der Waals surface area (Å²) in [6, 6.07) is 3.78. The fourth-order valence-corrected chi connectivity index (χ4v) is 4.23. The van der Waals surface area contributed by atoms with E-state index in [1.165, 1.54) is 0 Å². The third-order valence-corrected chi connectivity index (χ3v) is 5.96. The Morgan fingerprint density at radius 1 is 1.06 bits per heavy atom. The molecule has 2 fully saturated rings. The highest BCUT2D eigenvalue weighted by atomic mass is 16.5. The van der Waals surface area contributed by atoms with E-state index >= 15 is 0 Å². The number of hydrogen-bond donors (Lipinski definition) is 4. The smallest absolute Gasteiger partial charge is 0.317 e. The van der Waals surface area contributed by atoms with Gasteiger partial charge in [0.1, 0.15) is 6.04 Å². The van der Waals surface area contributed by atoms with Gasteiger partial charge in [0.2, 0.25) is 11.8 Å². The van der Waals surface area contributed by atoms with Crippen LogP contribution < -0.4 is 21.3 Å². The summed E-state index contributed by atoms with van der Waals surface area (Å²) in [7, 11) is 0. The maximum Gasteiger partial charge on any atom is 0.317 e. The highest BCUT2D eigenvalue weighted by Crippen LogP contribution is 2.32. The van der Waals surface area contributed by atoms with Gasteiger partial charge < -0.3 is 25.6 Å². The summed E-state index contributed by atoms with van der Waals surface area (Å²) in [5.41, 5.74) is 0.901. The van der Waals surface area contributed by atoms with Crippen molar-refractivity contribution < 1.29 is 28.7 Å². The summed E-state index contributed by atoms with van der Waals surface area (Å²) in [6.07, 6.45) is 0.180. The Kier molecular flexibility index (Phi) is 7.38. The van der Waals surface area contributed by atoms with Gasteiger partial charge in [-0.3, -0.25) is 29.4 Å². The second kappa shape index (κ2) is 10.6. The Morgan fingerprint density at radius 2 is 1.82 bits per heavy atom. The van der Waals surface area contributed by atoms with Gasteiger partial charge in [-0.25, -0.2) is 4.79 Å². The van der Waals surface area contributed by atoms with Gasteiger partial charge in [-0.05, 0) is 18.6 Å². The second-order valence-corrected chi connectivity index (χ2v) is 8.18. The Balaban J connectivity index is 1.25. The third kappa shape index (κ3) is 5.02. The molecule has 34 heavy (non-hydrogen) atoms. The molecule has 0 spiro atoms. The predicted molar refractivity (Wildman–Crippen MR) is 120 cm³/mol. The number of carbonyl (C=O) groups is 5. The molecule has 6 amide bonds. The summed E-state index contributed by atoms with van der Waals surface area (Å²) >= 11 is 0. The van der Waals surface area contributed by atoms with Crippen LogP contribution in [0.2, 0.25) is 0 Å². The first-order valence-corrected chi connectivity index (χ1v) is 11.4. The minimum absolute atomic E-state index is 0.0714. The molecular weight excluding hydrogens is 444 g/mol. The fraction of sp³-hybridized carbons (Fsp3) is 0.500. The first-order valence-electron chi connectivity index (χ1n) is 11.4. The summed E-state index contributed by atoms with van der Waals surface area (Å²) in [5, 5.41) is 11.3. The number of ether oxygens (including phenoxy) is 1. The number of urea groups is 1. The zero-order chi connectivity index (χ0) is 24.1. The standard InChI is InChI=1S/C22H28N6O6/c29-17-5-4-16(19(30)26-17)28-20(31)14-2-1-3-15(18(14)21(28)32)24-8-12-34-13-9-25-22(33)27-10-6-23-7-11-27/h1-3,16,23-24H,4-13H2,(H,25,33)(H,26,29,30). The average molecular weight is 473 g/mol. The van der Waals surface area contributed by atoms with Gasteiger partial charge in [0.15, 0.2) is 0 Å². The summed E-state index contributed by atoms with van der Waals surface area (Å²) in [6.45, 7) is 4.37. The lowest BCUT2D eigenvalue weighted by Crippen LogP contribution is -2.54. The molecule has 4 rings (SSSR count). The Hall–Kier alpha value is -3.51. The molecule has 1 aromatic rings. The van der Waals surface area contributed by atoms with Crippen LogP contribution in [0.1, 0.15) is 33.6 Å². The van der Waals surface area contributed by atoms with Gasteiger partial charge in [-0.1, -0.05) is 6.07 Å². The van der Waals surface area contributed by atoms with Crippen LogP contribution in [0.3, 0.4) is 0 Å². The van der Waals surface area contributed by atoms with E-state index in [0.29, 0.717) is 45.1 Å². The molecule has 12 heteroatoms. The number of nitrogens with zero attached hydrogens (tertiary/aromatic N) is 2. The number of imide groups is 2. The van der Waals surface area contributed by atoms with Gasteiger partial charge >= 0.3 is 6.03 Å². The summed E-state index contributed by atoms with van der Waals surface area (Å²) < 4.78 is 5.55. The van der Waals surface area contributed by atoms with Crippen LogP contribution in [0.15, 0.2) is 18.2 Å².